The van der Waals surface area contributed by atoms with Crippen molar-refractivity contribution in [2.45, 2.75) is 12.0 Å². The Kier molecular flexibility index (Phi) is 4.81. The topological polar surface area (TPSA) is 66.0 Å². The Morgan fingerprint density at radius 2 is 1.56 bits per heavy atom. The SMILES string of the molecule is FC1(F)COC1c1ccc(-c2noc(-c3cc(-c4ccccc4)n(-c4ccccc4)n3)n2)cc1. The molecule has 34 heavy (non-hydrogen) atoms. The van der Waals surface area contributed by atoms with Crippen molar-refractivity contribution in [2.24, 2.45) is 0 Å². The maximum atomic E-state index is 13.6. The summed E-state index contributed by atoms with van der Waals surface area (Å²) in [6.45, 7) is -0.547. The normalized spacial score (nSPS) is 16.8. The molecule has 2 aromatic heterocycles. The van der Waals surface area contributed by atoms with Gasteiger partial charge in [0, 0.05) is 11.1 Å². The van der Waals surface area contributed by atoms with Crippen molar-refractivity contribution in [1.82, 2.24) is 19.9 Å². The Labute approximate surface area is 193 Å². The number of hydrogen-bond donors (Lipinski definition) is 0. The van der Waals surface area contributed by atoms with E-state index in [-0.39, 0.29) is 5.89 Å². The minimum Gasteiger partial charge on any atom is -0.361 e. The first-order chi connectivity index (χ1) is 16.6. The lowest BCUT2D eigenvalue weighted by molar-refractivity contribution is -0.268. The largest absolute Gasteiger partial charge is 0.361 e. The molecular weight excluding hydrogens is 438 g/mol. The summed E-state index contributed by atoms with van der Waals surface area (Å²) in [5, 5.41) is 8.80. The van der Waals surface area contributed by atoms with Gasteiger partial charge in [0.05, 0.1) is 11.4 Å². The Morgan fingerprint density at radius 1 is 0.853 bits per heavy atom. The van der Waals surface area contributed by atoms with E-state index in [1.54, 1.807) is 24.3 Å². The van der Waals surface area contributed by atoms with Gasteiger partial charge in [-0.2, -0.15) is 10.1 Å². The van der Waals surface area contributed by atoms with Gasteiger partial charge in [-0.15, -0.1) is 0 Å². The summed E-state index contributed by atoms with van der Waals surface area (Å²) in [6.07, 6.45) is -1.21. The first-order valence-corrected chi connectivity index (χ1v) is 10.7. The Hall–Kier alpha value is -4.17. The van der Waals surface area contributed by atoms with Gasteiger partial charge in [0.25, 0.3) is 5.89 Å². The molecule has 5 aromatic rings. The number of benzene rings is 3. The molecule has 3 heterocycles. The zero-order valence-corrected chi connectivity index (χ0v) is 17.8. The number of ether oxygens (including phenoxy) is 1. The van der Waals surface area contributed by atoms with Crippen molar-refractivity contribution in [3.8, 4) is 39.9 Å². The van der Waals surface area contributed by atoms with Crippen molar-refractivity contribution in [3.05, 3.63) is 96.6 Å². The zero-order chi connectivity index (χ0) is 23.1. The molecule has 6 nitrogen and oxygen atoms in total. The molecule has 0 radical (unpaired) electrons. The highest BCUT2D eigenvalue weighted by Gasteiger charge is 2.51. The van der Waals surface area contributed by atoms with E-state index in [2.05, 4.69) is 10.1 Å². The Bertz CT molecular complexity index is 1370. The molecule has 1 atom stereocenters. The van der Waals surface area contributed by atoms with Crippen LogP contribution < -0.4 is 0 Å². The fourth-order valence-corrected chi connectivity index (χ4v) is 3.95. The number of hydrogen-bond acceptors (Lipinski definition) is 5. The number of nitrogens with zero attached hydrogens (tertiary/aromatic N) is 4. The van der Waals surface area contributed by atoms with Gasteiger partial charge in [-0.25, -0.2) is 13.5 Å². The first kappa shape index (κ1) is 20.4. The molecule has 0 N–H and O–H groups in total. The monoisotopic (exact) mass is 456 g/mol. The highest BCUT2D eigenvalue weighted by molar-refractivity contribution is 5.68. The van der Waals surface area contributed by atoms with Crippen LogP contribution in [0.25, 0.3) is 39.9 Å². The third kappa shape index (κ3) is 3.58. The molecular formula is C26H18F2N4O2. The number of rotatable bonds is 5. The van der Waals surface area contributed by atoms with Gasteiger partial charge in [0.15, 0.2) is 5.69 Å². The van der Waals surface area contributed by atoms with Crippen molar-refractivity contribution < 1.29 is 18.0 Å². The molecule has 0 saturated carbocycles. The van der Waals surface area contributed by atoms with E-state index in [9.17, 15) is 8.78 Å². The van der Waals surface area contributed by atoms with E-state index in [0.717, 1.165) is 16.9 Å². The molecule has 0 bridgehead atoms. The molecule has 1 aliphatic rings. The molecule has 0 spiro atoms. The van der Waals surface area contributed by atoms with Crippen LogP contribution in [0.15, 0.2) is 95.5 Å². The van der Waals surface area contributed by atoms with Gasteiger partial charge >= 0.3 is 5.92 Å². The highest BCUT2D eigenvalue weighted by atomic mass is 19.3. The third-order valence-corrected chi connectivity index (χ3v) is 5.72. The maximum absolute atomic E-state index is 13.6. The number of halogens is 2. The Morgan fingerprint density at radius 3 is 2.21 bits per heavy atom. The minimum atomic E-state index is -2.84. The van der Waals surface area contributed by atoms with Gasteiger partial charge in [0.1, 0.15) is 12.7 Å². The lowest BCUT2D eigenvalue weighted by Gasteiger charge is -2.36. The van der Waals surface area contributed by atoms with Gasteiger partial charge in [-0.05, 0) is 23.8 Å². The number of aromatic nitrogens is 4. The van der Waals surface area contributed by atoms with Crippen molar-refractivity contribution in [1.29, 1.82) is 0 Å². The second-order valence-corrected chi connectivity index (χ2v) is 8.03. The van der Waals surface area contributed by atoms with Gasteiger partial charge in [0.2, 0.25) is 5.82 Å². The molecule has 168 valence electrons. The van der Waals surface area contributed by atoms with Crippen molar-refractivity contribution in [3.63, 3.8) is 0 Å². The quantitative estimate of drug-likeness (QED) is 0.326. The van der Waals surface area contributed by atoms with Crippen LogP contribution in [-0.2, 0) is 4.74 Å². The fraction of sp³-hybridized carbons (Fsp3) is 0.115. The van der Waals surface area contributed by atoms with Crippen LogP contribution in [0.4, 0.5) is 8.78 Å². The van der Waals surface area contributed by atoms with Crippen LogP contribution in [0.2, 0.25) is 0 Å². The van der Waals surface area contributed by atoms with Gasteiger partial charge in [-0.3, -0.25) is 0 Å². The van der Waals surface area contributed by atoms with E-state index in [1.807, 2.05) is 71.4 Å². The van der Waals surface area contributed by atoms with E-state index >= 15 is 0 Å². The molecule has 3 aromatic carbocycles. The highest BCUT2D eigenvalue weighted by Crippen LogP contribution is 2.43. The van der Waals surface area contributed by atoms with Crippen molar-refractivity contribution in [2.75, 3.05) is 6.61 Å². The standard InChI is InChI=1S/C26H18F2N4O2/c27-26(28)16-33-23(26)18-11-13-19(14-12-18)24-29-25(34-31-24)21-15-22(17-7-3-1-4-8-17)32(30-21)20-9-5-2-6-10-20/h1-15,23H,16H2. The Balaban J connectivity index is 1.34. The number of para-hydroxylation sites is 1. The van der Waals surface area contributed by atoms with Crippen molar-refractivity contribution >= 4 is 0 Å². The second-order valence-electron chi connectivity index (χ2n) is 8.03. The van der Waals surface area contributed by atoms with Crippen LogP contribution in [0, 0.1) is 0 Å². The molecule has 1 saturated heterocycles. The smallest absolute Gasteiger partial charge is 0.300 e. The summed E-state index contributed by atoms with van der Waals surface area (Å²) in [5.41, 5.74) is 4.37. The second kappa shape index (κ2) is 8.00. The third-order valence-electron chi connectivity index (χ3n) is 5.72. The van der Waals surface area contributed by atoms with Gasteiger partial charge in [-0.1, -0.05) is 78.0 Å². The average molecular weight is 456 g/mol. The van der Waals surface area contributed by atoms with Gasteiger partial charge < -0.3 is 9.26 Å². The maximum Gasteiger partial charge on any atom is 0.300 e. The molecule has 1 fully saturated rings. The summed E-state index contributed by atoms with van der Waals surface area (Å²) in [7, 11) is 0. The minimum absolute atomic E-state index is 0.264. The molecule has 0 aliphatic carbocycles. The fourth-order valence-electron chi connectivity index (χ4n) is 3.95. The van der Waals surface area contributed by atoms with E-state index < -0.39 is 18.6 Å². The van der Waals surface area contributed by atoms with E-state index in [0.29, 0.717) is 22.6 Å². The predicted octanol–water partition coefficient (Wildman–Crippen LogP) is 5.96. The summed E-state index contributed by atoms with van der Waals surface area (Å²) >= 11 is 0. The van der Waals surface area contributed by atoms with Crippen LogP contribution in [0.5, 0.6) is 0 Å². The van der Waals surface area contributed by atoms with Crippen LogP contribution in [0.3, 0.4) is 0 Å². The average Bonchev–Trinajstić information content (AvgIpc) is 3.53. The summed E-state index contributed by atoms with van der Waals surface area (Å²) < 4.78 is 39.6. The number of alkyl halides is 2. The lowest BCUT2D eigenvalue weighted by atomic mass is 9.98. The molecule has 0 amide bonds. The van der Waals surface area contributed by atoms with Crippen LogP contribution >= 0.6 is 0 Å². The summed E-state index contributed by atoms with van der Waals surface area (Å²) in [5.74, 6) is -2.23. The zero-order valence-electron chi connectivity index (χ0n) is 17.8. The van der Waals surface area contributed by atoms with E-state index in [1.165, 1.54) is 0 Å². The van der Waals surface area contributed by atoms with E-state index in [4.69, 9.17) is 14.4 Å². The molecule has 8 heteroatoms. The first-order valence-electron chi connectivity index (χ1n) is 10.7. The summed E-state index contributed by atoms with van der Waals surface area (Å²) in [4.78, 5) is 4.50. The molecule has 1 aliphatic heterocycles. The van der Waals surface area contributed by atoms with Crippen LogP contribution in [0.1, 0.15) is 11.7 Å². The molecule has 6 rings (SSSR count). The molecule has 1 unspecified atom stereocenters. The summed E-state index contributed by atoms with van der Waals surface area (Å²) in [6, 6.07) is 28.2. The predicted molar refractivity (Wildman–Crippen MR) is 121 cm³/mol. The lowest BCUT2D eigenvalue weighted by Crippen LogP contribution is -2.44. The van der Waals surface area contributed by atoms with Crippen LogP contribution in [-0.4, -0.2) is 32.5 Å².